The van der Waals surface area contributed by atoms with Gasteiger partial charge in [-0.25, -0.2) is 0 Å². The van der Waals surface area contributed by atoms with Crippen molar-refractivity contribution in [2.75, 3.05) is 24.6 Å². The molecule has 4 nitrogen and oxygen atoms in total. The molecule has 0 aliphatic carbocycles. The Labute approximate surface area is 108 Å². The second kappa shape index (κ2) is 9.33. The molecule has 1 unspecified atom stereocenters. The number of hydrogen-bond donors (Lipinski definition) is 1. The summed E-state index contributed by atoms with van der Waals surface area (Å²) < 4.78 is 0. The number of rotatable bonds is 9. The molecule has 1 amide bonds. The Morgan fingerprint density at radius 3 is 2.35 bits per heavy atom. The van der Waals surface area contributed by atoms with E-state index >= 15 is 0 Å². The number of aliphatic carboxylic acids is 1. The van der Waals surface area contributed by atoms with E-state index in [0.29, 0.717) is 12.2 Å². The quantitative estimate of drug-likeness (QED) is 0.646. The molecule has 17 heavy (non-hydrogen) atoms. The molecule has 0 aliphatic rings. The topological polar surface area (TPSA) is 57.6 Å². The molecule has 0 aromatic carbocycles. The Bertz CT molecular complexity index is 242. The monoisotopic (exact) mass is 261 g/mol. The van der Waals surface area contributed by atoms with Crippen LogP contribution in [-0.4, -0.2) is 46.5 Å². The number of carboxylic acid groups (broad SMARTS) is 1. The van der Waals surface area contributed by atoms with Crippen molar-refractivity contribution in [2.24, 2.45) is 5.92 Å². The highest BCUT2D eigenvalue weighted by atomic mass is 32.2. The molecule has 0 spiro atoms. The maximum absolute atomic E-state index is 11.6. The first-order valence-electron chi connectivity index (χ1n) is 6.11. The fourth-order valence-electron chi connectivity index (χ4n) is 1.39. The van der Waals surface area contributed by atoms with E-state index in [9.17, 15) is 9.59 Å². The van der Waals surface area contributed by atoms with Crippen LogP contribution in [-0.2, 0) is 9.59 Å². The highest BCUT2D eigenvalue weighted by Crippen LogP contribution is 2.11. The van der Waals surface area contributed by atoms with E-state index in [1.165, 1.54) is 0 Å². The Morgan fingerprint density at radius 2 is 1.88 bits per heavy atom. The summed E-state index contributed by atoms with van der Waals surface area (Å²) >= 11 is 1.61. The van der Waals surface area contributed by atoms with Gasteiger partial charge >= 0.3 is 5.97 Å². The SMILES string of the molecule is CCN(CC)C(=O)CCCSCC(C)C(=O)O. The Hall–Kier alpha value is -0.710. The van der Waals surface area contributed by atoms with E-state index in [1.807, 2.05) is 18.7 Å². The second-order valence-electron chi connectivity index (χ2n) is 3.98. The molecular formula is C12H23NO3S. The lowest BCUT2D eigenvalue weighted by atomic mass is 10.2. The van der Waals surface area contributed by atoms with Gasteiger partial charge in [0.2, 0.25) is 5.91 Å². The summed E-state index contributed by atoms with van der Waals surface area (Å²) in [6.45, 7) is 7.18. The molecule has 0 aromatic heterocycles. The number of carbonyl (C=O) groups is 2. The molecule has 1 atom stereocenters. The number of hydrogen-bond acceptors (Lipinski definition) is 3. The van der Waals surface area contributed by atoms with E-state index < -0.39 is 5.97 Å². The van der Waals surface area contributed by atoms with Crippen LogP contribution in [0.15, 0.2) is 0 Å². The third kappa shape index (κ3) is 7.26. The van der Waals surface area contributed by atoms with Gasteiger partial charge in [0.15, 0.2) is 0 Å². The zero-order chi connectivity index (χ0) is 13.3. The summed E-state index contributed by atoms with van der Waals surface area (Å²) in [6, 6.07) is 0. The minimum absolute atomic E-state index is 0.196. The lowest BCUT2D eigenvalue weighted by Crippen LogP contribution is -2.30. The molecule has 5 heteroatoms. The van der Waals surface area contributed by atoms with Crippen LogP contribution >= 0.6 is 11.8 Å². The predicted molar refractivity (Wildman–Crippen MR) is 71.3 cm³/mol. The number of carbonyl (C=O) groups excluding carboxylic acids is 1. The Kier molecular flexibility index (Phi) is 8.94. The van der Waals surface area contributed by atoms with Gasteiger partial charge < -0.3 is 10.0 Å². The molecule has 0 bridgehead atoms. The molecule has 0 saturated carbocycles. The van der Waals surface area contributed by atoms with Gasteiger partial charge in [-0.05, 0) is 26.0 Å². The zero-order valence-corrected chi connectivity index (χ0v) is 11.8. The lowest BCUT2D eigenvalue weighted by molar-refractivity contribution is -0.140. The van der Waals surface area contributed by atoms with E-state index in [1.54, 1.807) is 18.7 Å². The van der Waals surface area contributed by atoms with Gasteiger partial charge in [0.05, 0.1) is 5.92 Å². The standard InChI is InChI=1S/C12H23NO3S/c1-4-13(5-2)11(14)7-6-8-17-9-10(3)12(15)16/h10H,4-9H2,1-3H3,(H,15,16). The van der Waals surface area contributed by atoms with Gasteiger partial charge in [0.1, 0.15) is 0 Å². The summed E-state index contributed by atoms with van der Waals surface area (Å²) in [7, 11) is 0. The third-order valence-corrected chi connectivity index (χ3v) is 3.90. The molecule has 0 aliphatic heterocycles. The minimum Gasteiger partial charge on any atom is -0.481 e. The van der Waals surface area contributed by atoms with Crippen LogP contribution in [0.25, 0.3) is 0 Å². The third-order valence-electron chi connectivity index (χ3n) is 2.58. The van der Waals surface area contributed by atoms with Gasteiger partial charge in [-0.2, -0.15) is 11.8 Å². The van der Waals surface area contributed by atoms with Crippen molar-refractivity contribution in [2.45, 2.75) is 33.6 Å². The first-order valence-corrected chi connectivity index (χ1v) is 7.26. The average molecular weight is 261 g/mol. The summed E-state index contributed by atoms with van der Waals surface area (Å²) in [6.07, 6.45) is 1.39. The van der Waals surface area contributed by atoms with Crippen LogP contribution in [0.3, 0.4) is 0 Å². The van der Waals surface area contributed by atoms with Crippen LogP contribution in [0.4, 0.5) is 0 Å². The zero-order valence-electron chi connectivity index (χ0n) is 10.9. The first-order chi connectivity index (χ1) is 8.02. The van der Waals surface area contributed by atoms with Crippen molar-refractivity contribution in [1.29, 1.82) is 0 Å². The molecule has 0 radical (unpaired) electrons. The maximum Gasteiger partial charge on any atom is 0.307 e. The van der Waals surface area contributed by atoms with E-state index in [2.05, 4.69) is 0 Å². The molecule has 0 saturated heterocycles. The summed E-state index contributed by atoms with van der Waals surface area (Å²) in [5.41, 5.74) is 0. The fraction of sp³-hybridized carbons (Fsp3) is 0.833. The van der Waals surface area contributed by atoms with Crippen LogP contribution in [0.1, 0.15) is 33.6 Å². The number of thioether (sulfide) groups is 1. The fourth-order valence-corrected chi connectivity index (χ4v) is 2.40. The number of amides is 1. The Morgan fingerprint density at radius 1 is 1.29 bits per heavy atom. The molecule has 0 aromatic rings. The van der Waals surface area contributed by atoms with Crippen LogP contribution in [0.2, 0.25) is 0 Å². The Balaban J connectivity index is 3.58. The predicted octanol–water partition coefficient (Wildman–Crippen LogP) is 2.09. The van der Waals surface area contributed by atoms with Gasteiger partial charge in [-0.15, -0.1) is 0 Å². The lowest BCUT2D eigenvalue weighted by Gasteiger charge is -2.18. The largest absolute Gasteiger partial charge is 0.481 e. The first kappa shape index (κ1) is 16.3. The average Bonchev–Trinajstić information content (AvgIpc) is 2.29. The smallest absolute Gasteiger partial charge is 0.307 e. The summed E-state index contributed by atoms with van der Waals surface area (Å²) in [5, 5.41) is 8.69. The van der Waals surface area contributed by atoms with Gasteiger partial charge in [0.25, 0.3) is 0 Å². The van der Waals surface area contributed by atoms with Crippen molar-refractivity contribution in [3.8, 4) is 0 Å². The summed E-state index contributed by atoms with van der Waals surface area (Å²) in [4.78, 5) is 24.0. The van der Waals surface area contributed by atoms with E-state index in [4.69, 9.17) is 5.11 Å². The van der Waals surface area contributed by atoms with Crippen molar-refractivity contribution in [1.82, 2.24) is 4.90 Å². The minimum atomic E-state index is -0.753. The van der Waals surface area contributed by atoms with Crippen molar-refractivity contribution in [3.63, 3.8) is 0 Å². The molecule has 0 rings (SSSR count). The normalized spacial score (nSPS) is 12.2. The van der Waals surface area contributed by atoms with Crippen molar-refractivity contribution in [3.05, 3.63) is 0 Å². The molecule has 1 N–H and O–H groups in total. The highest BCUT2D eigenvalue weighted by Gasteiger charge is 2.11. The maximum atomic E-state index is 11.6. The van der Waals surface area contributed by atoms with E-state index in [-0.39, 0.29) is 11.8 Å². The van der Waals surface area contributed by atoms with Crippen LogP contribution in [0.5, 0.6) is 0 Å². The summed E-state index contributed by atoms with van der Waals surface area (Å²) in [5.74, 6) is 0.608. The van der Waals surface area contributed by atoms with Crippen LogP contribution in [0, 0.1) is 5.92 Å². The second-order valence-corrected chi connectivity index (χ2v) is 5.13. The molecular weight excluding hydrogens is 238 g/mol. The van der Waals surface area contributed by atoms with E-state index in [0.717, 1.165) is 25.3 Å². The van der Waals surface area contributed by atoms with Crippen molar-refractivity contribution >= 4 is 23.6 Å². The van der Waals surface area contributed by atoms with Crippen LogP contribution < -0.4 is 0 Å². The molecule has 100 valence electrons. The molecule has 0 fully saturated rings. The number of carboxylic acids is 1. The van der Waals surface area contributed by atoms with Gasteiger partial charge in [-0.3, -0.25) is 9.59 Å². The van der Waals surface area contributed by atoms with Gasteiger partial charge in [0, 0.05) is 25.3 Å². The highest BCUT2D eigenvalue weighted by molar-refractivity contribution is 7.99. The van der Waals surface area contributed by atoms with Gasteiger partial charge in [-0.1, -0.05) is 6.92 Å². The molecule has 0 heterocycles. The number of nitrogens with zero attached hydrogens (tertiary/aromatic N) is 1. The van der Waals surface area contributed by atoms with Crippen molar-refractivity contribution < 1.29 is 14.7 Å².